The van der Waals surface area contributed by atoms with Crippen molar-refractivity contribution in [3.05, 3.63) is 28.8 Å². The highest BCUT2D eigenvalue weighted by Gasteiger charge is 2.28. The Kier molecular flexibility index (Phi) is 6.15. The minimum atomic E-state index is -0.101. The molecule has 3 nitrogen and oxygen atoms in total. The van der Waals surface area contributed by atoms with Gasteiger partial charge in [0.15, 0.2) is 0 Å². The van der Waals surface area contributed by atoms with Crippen molar-refractivity contribution in [3.8, 4) is 0 Å². The summed E-state index contributed by atoms with van der Waals surface area (Å²) in [6.45, 7) is 4.46. The van der Waals surface area contributed by atoms with E-state index in [-0.39, 0.29) is 24.4 Å². The van der Waals surface area contributed by atoms with Gasteiger partial charge in [-0.2, -0.15) is 0 Å². The van der Waals surface area contributed by atoms with Gasteiger partial charge in [0, 0.05) is 11.7 Å². The van der Waals surface area contributed by atoms with Crippen LogP contribution in [0.4, 0.5) is 5.69 Å². The average molecular weight is 317 g/mol. The third-order valence-electron chi connectivity index (χ3n) is 4.26. The molecule has 0 bridgehead atoms. The standard InChI is InChI=1S/C15H21ClN2O.ClH/c1-9-4-3-5-14(10(9)2)18-15(19)12-7-6-11(17)8-13(12)16;/h6-10,14H,3-5,17H2,1-2H3,(H,18,19);1H. The first kappa shape index (κ1) is 17.1. The Hall–Kier alpha value is -0.930. The zero-order chi connectivity index (χ0) is 14.0. The fourth-order valence-electron chi connectivity index (χ4n) is 2.75. The molecule has 112 valence electrons. The van der Waals surface area contributed by atoms with Gasteiger partial charge in [0.05, 0.1) is 10.6 Å². The van der Waals surface area contributed by atoms with E-state index in [0.717, 1.165) is 6.42 Å². The number of nitrogens with one attached hydrogen (secondary N) is 1. The molecule has 0 saturated heterocycles. The first-order chi connectivity index (χ1) is 8.99. The van der Waals surface area contributed by atoms with Crippen LogP contribution < -0.4 is 11.1 Å². The average Bonchev–Trinajstić information content (AvgIpc) is 2.34. The maximum Gasteiger partial charge on any atom is 0.253 e. The molecule has 0 heterocycles. The fourth-order valence-corrected chi connectivity index (χ4v) is 3.02. The zero-order valence-corrected chi connectivity index (χ0v) is 13.4. The van der Waals surface area contributed by atoms with Crippen LogP contribution in [0.3, 0.4) is 0 Å². The molecule has 3 N–H and O–H groups in total. The molecule has 1 saturated carbocycles. The summed E-state index contributed by atoms with van der Waals surface area (Å²) >= 11 is 6.07. The minimum Gasteiger partial charge on any atom is -0.399 e. The van der Waals surface area contributed by atoms with Gasteiger partial charge in [-0.15, -0.1) is 12.4 Å². The van der Waals surface area contributed by atoms with Crippen LogP contribution in [0.5, 0.6) is 0 Å². The highest BCUT2D eigenvalue weighted by atomic mass is 35.5. The molecule has 0 radical (unpaired) electrons. The van der Waals surface area contributed by atoms with Crippen LogP contribution in [0.1, 0.15) is 43.5 Å². The molecule has 2 rings (SSSR count). The molecule has 1 aromatic rings. The van der Waals surface area contributed by atoms with Crippen LogP contribution in [-0.4, -0.2) is 11.9 Å². The van der Waals surface area contributed by atoms with Gasteiger partial charge in [0.1, 0.15) is 0 Å². The largest absolute Gasteiger partial charge is 0.399 e. The van der Waals surface area contributed by atoms with Gasteiger partial charge in [0.25, 0.3) is 5.91 Å². The number of halogens is 2. The van der Waals surface area contributed by atoms with Gasteiger partial charge in [-0.3, -0.25) is 4.79 Å². The molecule has 1 aliphatic carbocycles. The topological polar surface area (TPSA) is 55.1 Å². The minimum absolute atomic E-state index is 0. The molecule has 1 fully saturated rings. The predicted octanol–water partition coefficient (Wildman–Crippen LogP) is 3.90. The number of nitrogens with two attached hydrogens (primary N) is 1. The number of carbonyl (C=O) groups excluding carboxylic acids is 1. The van der Waals surface area contributed by atoms with E-state index in [1.54, 1.807) is 18.2 Å². The summed E-state index contributed by atoms with van der Waals surface area (Å²) in [4.78, 5) is 12.3. The van der Waals surface area contributed by atoms with Gasteiger partial charge < -0.3 is 11.1 Å². The second-order valence-electron chi connectivity index (χ2n) is 5.59. The summed E-state index contributed by atoms with van der Waals surface area (Å²) in [6.07, 6.45) is 3.46. The highest BCUT2D eigenvalue weighted by molar-refractivity contribution is 6.34. The number of hydrogen-bond acceptors (Lipinski definition) is 2. The molecule has 3 unspecified atom stereocenters. The number of nitrogen functional groups attached to an aromatic ring is 1. The molecule has 20 heavy (non-hydrogen) atoms. The van der Waals surface area contributed by atoms with Crippen LogP contribution in [0.2, 0.25) is 5.02 Å². The Bertz CT molecular complexity index is 479. The second-order valence-corrected chi connectivity index (χ2v) is 5.99. The third-order valence-corrected chi connectivity index (χ3v) is 4.57. The van der Waals surface area contributed by atoms with Crippen molar-refractivity contribution in [2.75, 3.05) is 5.73 Å². The predicted molar refractivity (Wildman–Crippen MR) is 86.5 cm³/mol. The van der Waals surface area contributed by atoms with Crippen molar-refractivity contribution in [2.45, 2.75) is 39.2 Å². The Balaban J connectivity index is 0.00000200. The number of amides is 1. The Labute approximate surface area is 131 Å². The van der Waals surface area contributed by atoms with Crippen LogP contribution in [0.25, 0.3) is 0 Å². The van der Waals surface area contributed by atoms with Crippen molar-refractivity contribution in [2.24, 2.45) is 11.8 Å². The van der Waals surface area contributed by atoms with Gasteiger partial charge in [-0.05, 0) is 36.5 Å². The summed E-state index contributed by atoms with van der Waals surface area (Å²) in [7, 11) is 0. The Morgan fingerprint density at radius 2 is 2.05 bits per heavy atom. The van der Waals surface area contributed by atoms with E-state index in [1.807, 2.05) is 0 Å². The molecule has 1 aliphatic rings. The van der Waals surface area contributed by atoms with E-state index in [2.05, 4.69) is 19.2 Å². The first-order valence-electron chi connectivity index (χ1n) is 6.85. The van der Waals surface area contributed by atoms with Crippen LogP contribution >= 0.6 is 24.0 Å². The summed E-state index contributed by atoms with van der Waals surface area (Å²) in [5, 5.41) is 3.52. The van der Waals surface area contributed by atoms with E-state index in [1.165, 1.54) is 12.8 Å². The highest BCUT2D eigenvalue weighted by Crippen LogP contribution is 2.30. The summed E-state index contributed by atoms with van der Waals surface area (Å²) in [5.41, 5.74) is 6.71. The van der Waals surface area contributed by atoms with Gasteiger partial charge in [-0.1, -0.05) is 38.3 Å². The van der Waals surface area contributed by atoms with Crippen LogP contribution in [0, 0.1) is 11.8 Å². The fraction of sp³-hybridized carbons (Fsp3) is 0.533. The van der Waals surface area contributed by atoms with Crippen molar-refractivity contribution < 1.29 is 4.79 Å². The van der Waals surface area contributed by atoms with Crippen LogP contribution in [0.15, 0.2) is 18.2 Å². The summed E-state index contributed by atoms with van der Waals surface area (Å²) in [5.74, 6) is 1.06. The maximum absolute atomic E-state index is 12.3. The number of anilines is 1. The molecular formula is C15H22Cl2N2O. The van der Waals surface area contributed by atoms with Gasteiger partial charge >= 0.3 is 0 Å². The molecule has 5 heteroatoms. The van der Waals surface area contributed by atoms with Gasteiger partial charge in [0.2, 0.25) is 0 Å². The Morgan fingerprint density at radius 3 is 2.70 bits per heavy atom. The van der Waals surface area contributed by atoms with Crippen molar-refractivity contribution in [1.82, 2.24) is 5.32 Å². The Morgan fingerprint density at radius 1 is 1.35 bits per heavy atom. The number of carbonyl (C=O) groups is 1. The summed E-state index contributed by atoms with van der Waals surface area (Å²) < 4.78 is 0. The zero-order valence-electron chi connectivity index (χ0n) is 11.9. The van der Waals surface area contributed by atoms with E-state index in [9.17, 15) is 4.79 Å². The molecule has 1 amide bonds. The van der Waals surface area contributed by atoms with E-state index < -0.39 is 0 Å². The lowest BCUT2D eigenvalue weighted by Gasteiger charge is -2.34. The van der Waals surface area contributed by atoms with Crippen molar-refractivity contribution >= 4 is 35.6 Å². The number of benzene rings is 1. The lowest BCUT2D eigenvalue weighted by Crippen LogP contribution is -2.43. The molecule has 1 aromatic carbocycles. The lowest BCUT2D eigenvalue weighted by molar-refractivity contribution is 0.0891. The number of hydrogen-bond donors (Lipinski definition) is 2. The summed E-state index contributed by atoms with van der Waals surface area (Å²) in [6, 6.07) is 5.24. The maximum atomic E-state index is 12.3. The normalized spacial score (nSPS) is 25.6. The number of rotatable bonds is 2. The van der Waals surface area contributed by atoms with E-state index in [4.69, 9.17) is 17.3 Å². The van der Waals surface area contributed by atoms with Crippen LogP contribution in [-0.2, 0) is 0 Å². The van der Waals surface area contributed by atoms with Gasteiger partial charge in [-0.25, -0.2) is 0 Å². The smallest absolute Gasteiger partial charge is 0.253 e. The quantitative estimate of drug-likeness (QED) is 0.813. The molecular weight excluding hydrogens is 295 g/mol. The molecule has 0 aliphatic heterocycles. The van der Waals surface area contributed by atoms with Crippen molar-refractivity contribution in [3.63, 3.8) is 0 Å². The third kappa shape index (κ3) is 3.80. The lowest BCUT2D eigenvalue weighted by atomic mass is 9.78. The first-order valence-corrected chi connectivity index (χ1v) is 7.22. The van der Waals surface area contributed by atoms with E-state index >= 15 is 0 Å². The molecule has 3 atom stereocenters. The SMILES string of the molecule is CC1CCCC(NC(=O)c2ccc(N)cc2Cl)C1C.Cl. The second kappa shape index (κ2) is 7.19. The van der Waals surface area contributed by atoms with E-state index in [0.29, 0.717) is 28.1 Å². The molecule has 0 spiro atoms. The van der Waals surface area contributed by atoms with Crippen molar-refractivity contribution in [1.29, 1.82) is 0 Å². The molecule has 0 aromatic heterocycles. The monoisotopic (exact) mass is 316 g/mol.